The Labute approximate surface area is 85.9 Å². The summed E-state index contributed by atoms with van der Waals surface area (Å²) in [5.41, 5.74) is 5.56. The van der Waals surface area contributed by atoms with Crippen molar-refractivity contribution in [1.29, 1.82) is 0 Å². The first-order valence-electron chi connectivity index (χ1n) is 5.19. The van der Waals surface area contributed by atoms with Gasteiger partial charge in [0.05, 0.1) is 0 Å². The van der Waals surface area contributed by atoms with Crippen LogP contribution < -0.4 is 11.1 Å². The van der Waals surface area contributed by atoms with E-state index in [2.05, 4.69) is 5.32 Å². The zero-order valence-corrected chi connectivity index (χ0v) is 9.12. The van der Waals surface area contributed by atoms with Crippen LogP contribution in [0.1, 0.15) is 33.1 Å². The maximum atomic E-state index is 11.2. The molecule has 0 saturated heterocycles. The van der Waals surface area contributed by atoms with Crippen molar-refractivity contribution in [3.8, 4) is 0 Å². The third-order valence-corrected chi connectivity index (χ3v) is 2.02. The van der Waals surface area contributed by atoms with Crippen molar-refractivity contribution in [1.82, 2.24) is 5.32 Å². The minimum Gasteiger partial charge on any atom is -0.396 e. The second-order valence-electron chi connectivity index (χ2n) is 3.96. The fraction of sp³-hybridized carbons (Fsp3) is 0.900. The lowest BCUT2D eigenvalue weighted by Crippen LogP contribution is -2.29. The summed E-state index contributed by atoms with van der Waals surface area (Å²) in [6.45, 7) is 4.49. The number of amides is 1. The summed E-state index contributed by atoms with van der Waals surface area (Å²) >= 11 is 0. The fourth-order valence-corrected chi connectivity index (χ4v) is 1.03. The maximum Gasteiger partial charge on any atom is 0.220 e. The Kier molecular flexibility index (Phi) is 7.42. The van der Waals surface area contributed by atoms with Crippen LogP contribution in [-0.4, -0.2) is 30.2 Å². The van der Waals surface area contributed by atoms with Crippen LogP contribution in [0.15, 0.2) is 0 Å². The second-order valence-corrected chi connectivity index (χ2v) is 3.96. The van der Waals surface area contributed by atoms with Gasteiger partial charge in [0.15, 0.2) is 0 Å². The first-order chi connectivity index (χ1) is 6.56. The van der Waals surface area contributed by atoms with Gasteiger partial charge in [-0.3, -0.25) is 4.79 Å². The van der Waals surface area contributed by atoms with Gasteiger partial charge in [0.25, 0.3) is 0 Å². The largest absolute Gasteiger partial charge is 0.396 e. The molecule has 0 heterocycles. The lowest BCUT2D eigenvalue weighted by atomic mass is 10.1. The average Bonchev–Trinajstić information content (AvgIpc) is 2.13. The highest BCUT2D eigenvalue weighted by molar-refractivity contribution is 5.75. The number of nitrogens with one attached hydrogen (secondary N) is 1. The number of hydrogen-bond donors (Lipinski definition) is 3. The molecule has 0 aromatic carbocycles. The van der Waals surface area contributed by atoms with Gasteiger partial charge in [-0.25, -0.2) is 0 Å². The minimum atomic E-state index is 0.0472. The van der Waals surface area contributed by atoms with Gasteiger partial charge in [-0.15, -0.1) is 0 Å². The van der Waals surface area contributed by atoms with Crippen LogP contribution >= 0.6 is 0 Å². The van der Waals surface area contributed by atoms with Crippen molar-refractivity contribution >= 4 is 5.91 Å². The van der Waals surface area contributed by atoms with Gasteiger partial charge in [-0.2, -0.15) is 0 Å². The Balaban J connectivity index is 3.37. The molecule has 14 heavy (non-hydrogen) atoms. The lowest BCUT2D eigenvalue weighted by Gasteiger charge is -2.09. The van der Waals surface area contributed by atoms with Crippen molar-refractivity contribution in [2.45, 2.75) is 39.2 Å². The zero-order chi connectivity index (χ0) is 11.0. The van der Waals surface area contributed by atoms with Gasteiger partial charge < -0.3 is 16.2 Å². The Morgan fingerprint density at radius 3 is 2.64 bits per heavy atom. The lowest BCUT2D eigenvalue weighted by molar-refractivity contribution is -0.121. The summed E-state index contributed by atoms with van der Waals surface area (Å²) in [6, 6.07) is 0.166. The molecule has 0 aliphatic heterocycles. The van der Waals surface area contributed by atoms with Crippen molar-refractivity contribution in [3.63, 3.8) is 0 Å². The molecule has 2 atom stereocenters. The summed E-state index contributed by atoms with van der Waals surface area (Å²) in [4.78, 5) is 11.2. The third-order valence-electron chi connectivity index (χ3n) is 2.02. The van der Waals surface area contributed by atoms with E-state index < -0.39 is 0 Å². The van der Waals surface area contributed by atoms with E-state index in [1.165, 1.54) is 0 Å². The van der Waals surface area contributed by atoms with Crippen LogP contribution in [0.4, 0.5) is 0 Å². The number of aliphatic hydroxyl groups is 1. The molecule has 0 fully saturated rings. The summed E-state index contributed by atoms with van der Waals surface area (Å²) in [5, 5.41) is 11.5. The molecule has 4 heteroatoms. The van der Waals surface area contributed by atoms with E-state index in [1.54, 1.807) is 0 Å². The molecule has 4 N–H and O–H groups in total. The van der Waals surface area contributed by atoms with Crippen LogP contribution in [0.3, 0.4) is 0 Å². The summed E-state index contributed by atoms with van der Waals surface area (Å²) < 4.78 is 0. The molecule has 2 unspecified atom stereocenters. The summed E-state index contributed by atoms with van der Waals surface area (Å²) in [7, 11) is 0. The molecule has 84 valence electrons. The molecular weight excluding hydrogens is 180 g/mol. The first kappa shape index (κ1) is 13.4. The zero-order valence-electron chi connectivity index (χ0n) is 9.12. The Morgan fingerprint density at radius 2 is 2.14 bits per heavy atom. The SMILES string of the molecule is CC(N)CCCC(=O)NCC(C)CO. The van der Waals surface area contributed by atoms with Gasteiger partial charge in [-0.1, -0.05) is 6.92 Å². The van der Waals surface area contributed by atoms with Crippen molar-refractivity contribution in [2.75, 3.05) is 13.2 Å². The van der Waals surface area contributed by atoms with E-state index in [-0.39, 0.29) is 24.5 Å². The number of rotatable bonds is 7. The van der Waals surface area contributed by atoms with Crippen LogP contribution in [-0.2, 0) is 4.79 Å². The van der Waals surface area contributed by atoms with Crippen molar-refractivity contribution < 1.29 is 9.90 Å². The van der Waals surface area contributed by atoms with E-state index in [1.807, 2.05) is 13.8 Å². The quantitative estimate of drug-likeness (QED) is 0.554. The van der Waals surface area contributed by atoms with E-state index in [9.17, 15) is 4.79 Å². The number of nitrogens with two attached hydrogens (primary N) is 1. The Morgan fingerprint density at radius 1 is 1.50 bits per heavy atom. The number of aliphatic hydroxyl groups excluding tert-OH is 1. The van der Waals surface area contributed by atoms with E-state index >= 15 is 0 Å². The van der Waals surface area contributed by atoms with Crippen LogP contribution in [0, 0.1) is 5.92 Å². The molecule has 0 aromatic rings. The third kappa shape index (κ3) is 8.01. The number of carbonyl (C=O) groups is 1. The van der Waals surface area contributed by atoms with Gasteiger partial charge in [-0.05, 0) is 25.7 Å². The fourth-order valence-electron chi connectivity index (χ4n) is 1.03. The second kappa shape index (κ2) is 7.76. The Bertz CT molecular complexity index is 160. The molecule has 0 saturated carbocycles. The van der Waals surface area contributed by atoms with Crippen LogP contribution in [0.5, 0.6) is 0 Å². The van der Waals surface area contributed by atoms with E-state index in [0.29, 0.717) is 13.0 Å². The predicted octanol–water partition coefficient (Wildman–Crippen LogP) is 0.249. The molecule has 0 aliphatic rings. The standard InChI is InChI=1S/C10H22N2O2/c1-8(7-13)6-12-10(14)5-3-4-9(2)11/h8-9,13H,3-7,11H2,1-2H3,(H,12,14). The smallest absolute Gasteiger partial charge is 0.220 e. The monoisotopic (exact) mass is 202 g/mol. The first-order valence-corrected chi connectivity index (χ1v) is 5.19. The van der Waals surface area contributed by atoms with Crippen molar-refractivity contribution in [3.05, 3.63) is 0 Å². The van der Waals surface area contributed by atoms with Crippen LogP contribution in [0.2, 0.25) is 0 Å². The molecule has 0 spiro atoms. The van der Waals surface area contributed by atoms with E-state index in [4.69, 9.17) is 10.8 Å². The molecule has 0 rings (SSSR count). The maximum absolute atomic E-state index is 11.2. The number of hydrogen-bond acceptors (Lipinski definition) is 3. The average molecular weight is 202 g/mol. The van der Waals surface area contributed by atoms with Gasteiger partial charge in [0, 0.05) is 25.6 Å². The normalized spacial score (nSPS) is 14.9. The molecular formula is C10H22N2O2. The van der Waals surface area contributed by atoms with Gasteiger partial charge >= 0.3 is 0 Å². The molecule has 0 aromatic heterocycles. The molecule has 1 amide bonds. The summed E-state index contributed by atoms with van der Waals surface area (Å²) in [6.07, 6.45) is 2.24. The van der Waals surface area contributed by atoms with Crippen LogP contribution in [0.25, 0.3) is 0 Å². The molecule has 0 radical (unpaired) electrons. The molecule has 0 bridgehead atoms. The van der Waals surface area contributed by atoms with Gasteiger partial charge in [0.1, 0.15) is 0 Å². The minimum absolute atomic E-state index is 0.0472. The van der Waals surface area contributed by atoms with Gasteiger partial charge in [0.2, 0.25) is 5.91 Å². The van der Waals surface area contributed by atoms with E-state index in [0.717, 1.165) is 12.8 Å². The molecule has 0 aliphatic carbocycles. The topological polar surface area (TPSA) is 75.4 Å². The highest BCUT2D eigenvalue weighted by atomic mass is 16.3. The highest BCUT2D eigenvalue weighted by Crippen LogP contribution is 1.98. The number of carbonyl (C=O) groups excluding carboxylic acids is 1. The molecule has 4 nitrogen and oxygen atoms in total. The van der Waals surface area contributed by atoms with Crippen molar-refractivity contribution in [2.24, 2.45) is 11.7 Å². The highest BCUT2D eigenvalue weighted by Gasteiger charge is 2.04. The predicted molar refractivity (Wildman–Crippen MR) is 56.8 cm³/mol. The summed E-state index contributed by atoms with van der Waals surface area (Å²) in [5.74, 6) is 0.179. The Hall–Kier alpha value is -0.610.